The summed E-state index contributed by atoms with van der Waals surface area (Å²) in [5.41, 5.74) is 6.73. The van der Waals surface area contributed by atoms with Crippen LogP contribution in [0.3, 0.4) is 0 Å². The van der Waals surface area contributed by atoms with Crippen molar-refractivity contribution in [2.75, 3.05) is 12.4 Å². The number of hydrogen-bond acceptors (Lipinski definition) is 2. The standard InChI is InChI=1S/C23H19N3O/c1-26-20-10-6-4-8-18(20)21(24-15-11-13-16(27-2)14-12-15)22-23(26)17-7-3-5-9-19(17)25-22/h3-14H,1-2H3,(H,24,25)/p+1. The second-order valence-electron chi connectivity index (χ2n) is 6.70. The van der Waals surface area contributed by atoms with E-state index in [1.54, 1.807) is 7.11 Å². The highest BCUT2D eigenvalue weighted by Crippen LogP contribution is 2.35. The Morgan fingerprint density at radius 2 is 1.56 bits per heavy atom. The number of hydrogen-bond donors (Lipinski definition) is 2. The molecule has 0 amide bonds. The molecule has 2 N–H and O–H groups in total. The van der Waals surface area contributed by atoms with Gasteiger partial charge in [-0.1, -0.05) is 24.3 Å². The van der Waals surface area contributed by atoms with Gasteiger partial charge >= 0.3 is 0 Å². The Bertz CT molecular complexity index is 1290. The number of nitrogens with zero attached hydrogens (tertiary/aromatic N) is 1. The fourth-order valence-electron chi connectivity index (χ4n) is 3.84. The number of aromatic amines is 1. The zero-order valence-electron chi connectivity index (χ0n) is 15.3. The van der Waals surface area contributed by atoms with E-state index in [1.165, 1.54) is 21.8 Å². The SMILES string of the molecule is COc1ccc(Nc2c3ccccc3[n+](C)c3c2[nH]c2ccccc23)cc1. The lowest BCUT2D eigenvalue weighted by molar-refractivity contribution is -0.616. The fraction of sp³-hybridized carbons (Fsp3) is 0.0870. The molecular weight excluding hydrogens is 334 g/mol. The highest BCUT2D eigenvalue weighted by Gasteiger charge is 2.22. The molecule has 0 spiro atoms. The first-order valence-electron chi connectivity index (χ1n) is 8.98. The third-order valence-corrected chi connectivity index (χ3v) is 5.16. The number of pyridine rings is 1. The van der Waals surface area contributed by atoms with Crippen molar-refractivity contribution >= 4 is 44.2 Å². The summed E-state index contributed by atoms with van der Waals surface area (Å²) in [6.45, 7) is 0. The van der Waals surface area contributed by atoms with E-state index in [0.29, 0.717) is 0 Å². The van der Waals surface area contributed by atoms with Gasteiger partial charge in [-0.15, -0.1) is 0 Å². The molecular formula is C23H20N3O+. The third-order valence-electron chi connectivity index (χ3n) is 5.16. The average molecular weight is 354 g/mol. The molecule has 0 bridgehead atoms. The van der Waals surface area contributed by atoms with Crippen LogP contribution in [0.25, 0.3) is 32.8 Å². The predicted octanol–water partition coefficient (Wildman–Crippen LogP) is 5.05. The van der Waals surface area contributed by atoms with Crippen molar-refractivity contribution in [1.29, 1.82) is 0 Å². The molecule has 4 nitrogen and oxygen atoms in total. The second-order valence-corrected chi connectivity index (χ2v) is 6.70. The molecule has 2 aromatic heterocycles. The van der Waals surface area contributed by atoms with E-state index >= 15 is 0 Å². The summed E-state index contributed by atoms with van der Waals surface area (Å²) in [5.74, 6) is 0.848. The van der Waals surface area contributed by atoms with Gasteiger partial charge < -0.3 is 15.0 Å². The minimum Gasteiger partial charge on any atom is -0.497 e. The van der Waals surface area contributed by atoms with E-state index in [2.05, 4.69) is 70.4 Å². The van der Waals surface area contributed by atoms with Gasteiger partial charge in [0.25, 0.3) is 0 Å². The zero-order chi connectivity index (χ0) is 18.4. The molecule has 0 unspecified atom stereocenters. The number of nitrogens with one attached hydrogen (secondary N) is 2. The first kappa shape index (κ1) is 15.7. The number of ether oxygens (including phenoxy) is 1. The van der Waals surface area contributed by atoms with Gasteiger partial charge in [0.2, 0.25) is 11.0 Å². The van der Waals surface area contributed by atoms with Crippen LogP contribution < -0.4 is 14.6 Å². The largest absolute Gasteiger partial charge is 0.497 e. The molecule has 0 aliphatic carbocycles. The Morgan fingerprint density at radius 3 is 2.33 bits per heavy atom. The van der Waals surface area contributed by atoms with Gasteiger partial charge in [-0.05, 0) is 42.5 Å². The molecule has 5 rings (SSSR count). The number of aryl methyl sites for hydroxylation is 1. The van der Waals surface area contributed by atoms with Gasteiger partial charge in [0, 0.05) is 11.8 Å². The van der Waals surface area contributed by atoms with Crippen molar-refractivity contribution in [1.82, 2.24) is 4.98 Å². The van der Waals surface area contributed by atoms with Gasteiger partial charge in [0.05, 0.1) is 29.1 Å². The minimum atomic E-state index is 0.848. The van der Waals surface area contributed by atoms with E-state index in [-0.39, 0.29) is 0 Å². The second kappa shape index (κ2) is 6.02. The summed E-state index contributed by atoms with van der Waals surface area (Å²) in [6.07, 6.45) is 0. The Morgan fingerprint density at radius 1 is 0.852 bits per heavy atom. The smallest absolute Gasteiger partial charge is 0.240 e. The van der Waals surface area contributed by atoms with E-state index in [9.17, 15) is 0 Å². The number of fused-ring (bicyclic) bond motifs is 4. The molecule has 4 heteroatoms. The van der Waals surface area contributed by atoms with Crippen LogP contribution in [0.15, 0.2) is 72.8 Å². The van der Waals surface area contributed by atoms with Gasteiger partial charge in [-0.3, -0.25) is 0 Å². The van der Waals surface area contributed by atoms with Crippen molar-refractivity contribution in [2.45, 2.75) is 0 Å². The van der Waals surface area contributed by atoms with E-state index in [4.69, 9.17) is 4.74 Å². The summed E-state index contributed by atoms with van der Waals surface area (Å²) in [6, 6.07) is 24.9. The normalized spacial score (nSPS) is 11.3. The van der Waals surface area contributed by atoms with Crippen LogP contribution in [-0.4, -0.2) is 12.1 Å². The number of methoxy groups -OCH3 is 1. The van der Waals surface area contributed by atoms with Gasteiger partial charge in [-0.25, -0.2) is 0 Å². The van der Waals surface area contributed by atoms with Crippen LogP contribution >= 0.6 is 0 Å². The topological polar surface area (TPSA) is 40.9 Å². The van der Waals surface area contributed by atoms with Crippen LogP contribution in [-0.2, 0) is 7.05 Å². The summed E-state index contributed by atoms with van der Waals surface area (Å²) in [7, 11) is 3.81. The first-order chi connectivity index (χ1) is 13.3. The monoisotopic (exact) mass is 354 g/mol. The van der Waals surface area contributed by atoms with Crippen LogP contribution in [0.4, 0.5) is 11.4 Å². The predicted molar refractivity (Wildman–Crippen MR) is 111 cm³/mol. The summed E-state index contributed by atoms with van der Waals surface area (Å²) >= 11 is 0. The maximum atomic E-state index is 5.28. The van der Waals surface area contributed by atoms with Crippen molar-refractivity contribution in [3.63, 3.8) is 0 Å². The van der Waals surface area contributed by atoms with Gasteiger partial charge in [0.1, 0.15) is 18.3 Å². The Kier molecular flexibility index (Phi) is 3.50. The lowest BCUT2D eigenvalue weighted by Gasteiger charge is -2.11. The molecule has 132 valence electrons. The number of para-hydroxylation sites is 2. The third kappa shape index (κ3) is 2.41. The maximum Gasteiger partial charge on any atom is 0.240 e. The zero-order valence-corrected chi connectivity index (χ0v) is 15.3. The number of anilines is 2. The van der Waals surface area contributed by atoms with Crippen molar-refractivity contribution in [3.8, 4) is 5.75 Å². The number of aromatic nitrogens is 2. The van der Waals surface area contributed by atoms with Crippen molar-refractivity contribution in [3.05, 3.63) is 72.8 Å². The maximum absolute atomic E-state index is 5.28. The molecule has 2 heterocycles. The average Bonchev–Trinajstić information content (AvgIpc) is 3.11. The van der Waals surface area contributed by atoms with Crippen LogP contribution in [0.1, 0.15) is 0 Å². The lowest BCUT2D eigenvalue weighted by atomic mass is 10.1. The Balaban J connectivity index is 1.83. The molecule has 0 atom stereocenters. The molecule has 0 radical (unpaired) electrons. The van der Waals surface area contributed by atoms with E-state index in [0.717, 1.165) is 28.2 Å². The summed E-state index contributed by atoms with van der Waals surface area (Å²) < 4.78 is 7.54. The highest BCUT2D eigenvalue weighted by atomic mass is 16.5. The Labute approximate surface area is 157 Å². The molecule has 0 fully saturated rings. The van der Waals surface area contributed by atoms with Gasteiger partial charge in [-0.2, -0.15) is 4.57 Å². The number of H-pyrrole nitrogens is 1. The van der Waals surface area contributed by atoms with Crippen molar-refractivity contribution in [2.24, 2.45) is 7.05 Å². The lowest BCUT2D eigenvalue weighted by Crippen LogP contribution is -2.30. The number of rotatable bonds is 3. The summed E-state index contributed by atoms with van der Waals surface area (Å²) in [4.78, 5) is 3.61. The molecule has 0 saturated heterocycles. The molecule has 27 heavy (non-hydrogen) atoms. The molecule has 0 aliphatic rings. The molecule has 5 aromatic rings. The quantitative estimate of drug-likeness (QED) is 0.445. The van der Waals surface area contributed by atoms with E-state index < -0.39 is 0 Å². The number of benzene rings is 3. The van der Waals surface area contributed by atoms with Crippen molar-refractivity contribution < 1.29 is 9.30 Å². The first-order valence-corrected chi connectivity index (χ1v) is 8.98. The Hall–Kier alpha value is -3.53. The summed E-state index contributed by atoms with van der Waals surface area (Å²) in [5, 5.41) is 6.03. The van der Waals surface area contributed by atoms with Gasteiger partial charge in [0.15, 0.2) is 0 Å². The highest BCUT2D eigenvalue weighted by molar-refractivity contribution is 6.13. The minimum absolute atomic E-state index is 0.848. The molecule has 0 aliphatic heterocycles. The fourth-order valence-corrected chi connectivity index (χ4v) is 3.84. The molecule has 3 aromatic carbocycles. The van der Waals surface area contributed by atoms with Crippen LogP contribution in [0.2, 0.25) is 0 Å². The molecule has 0 saturated carbocycles. The van der Waals surface area contributed by atoms with Crippen LogP contribution in [0, 0.1) is 0 Å². The van der Waals surface area contributed by atoms with Crippen LogP contribution in [0.5, 0.6) is 5.75 Å². The van der Waals surface area contributed by atoms with E-state index in [1.807, 2.05) is 24.3 Å².